The fourth-order valence-electron chi connectivity index (χ4n) is 2.04. The van der Waals surface area contributed by atoms with Crippen LogP contribution in [0.3, 0.4) is 0 Å². The van der Waals surface area contributed by atoms with Crippen LogP contribution < -0.4 is 10.5 Å². The second-order valence-electron chi connectivity index (χ2n) is 5.34. The monoisotopic (exact) mass is 282 g/mol. The van der Waals surface area contributed by atoms with Crippen molar-refractivity contribution in [2.24, 2.45) is 11.7 Å². The average molecular weight is 282 g/mol. The molecule has 0 aromatic heterocycles. The molecule has 2 rings (SSSR count). The Bertz CT molecular complexity index is 505. The Labute approximate surface area is 115 Å². The minimum absolute atomic E-state index is 0.0803. The van der Waals surface area contributed by atoms with Crippen molar-refractivity contribution in [2.75, 3.05) is 6.54 Å². The van der Waals surface area contributed by atoms with Crippen molar-refractivity contribution in [1.29, 1.82) is 0 Å². The third-order valence-electron chi connectivity index (χ3n) is 3.49. The minimum Gasteiger partial charge on any atom is -0.324 e. The standard InChI is InChI=1S/C14H22N2O2S/c1-11(15)13-6-8-14(9-7-13)19(17,18)16-10-2-3-12-4-5-12/h6-9,11-12,16H,2-5,10,15H2,1H3. The highest BCUT2D eigenvalue weighted by Crippen LogP contribution is 2.33. The molecule has 1 aromatic carbocycles. The molecular formula is C14H22N2O2S. The lowest BCUT2D eigenvalue weighted by molar-refractivity contribution is 0.572. The molecule has 1 atom stereocenters. The summed E-state index contributed by atoms with van der Waals surface area (Å²) < 4.78 is 26.7. The van der Waals surface area contributed by atoms with Crippen molar-refractivity contribution >= 4 is 10.0 Å². The van der Waals surface area contributed by atoms with E-state index >= 15 is 0 Å². The maximum absolute atomic E-state index is 12.0. The Morgan fingerprint density at radius 2 is 1.95 bits per heavy atom. The number of sulfonamides is 1. The van der Waals surface area contributed by atoms with E-state index in [0.29, 0.717) is 11.4 Å². The number of nitrogens with two attached hydrogens (primary N) is 1. The van der Waals surface area contributed by atoms with Gasteiger partial charge in [-0.25, -0.2) is 13.1 Å². The van der Waals surface area contributed by atoms with Crippen LogP contribution in [0.2, 0.25) is 0 Å². The maximum atomic E-state index is 12.0. The lowest BCUT2D eigenvalue weighted by Gasteiger charge is -2.09. The molecule has 3 N–H and O–H groups in total. The summed E-state index contributed by atoms with van der Waals surface area (Å²) in [4.78, 5) is 0.309. The van der Waals surface area contributed by atoms with Crippen LogP contribution >= 0.6 is 0 Å². The highest BCUT2D eigenvalue weighted by atomic mass is 32.2. The third kappa shape index (κ3) is 4.30. The van der Waals surface area contributed by atoms with Crippen molar-refractivity contribution in [3.05, 3.63) is 29.8 Å². The van der Waals surface area contributed by atoms with E-state index in [2.05, 4.69) is 4.72 Å². The van der Waals surface area contributed by atoms with Crippen molar-refractivity contribution in [2.45, 2.75) is 43.5 Å². The maximum Gasteiger partial charge on any atom is 0.240 e. The quantitative estimate of drug-likeness (QED) is 0.753. The molecule has 1 aliphatic carbocycles. The van der Waals surface area contributed by atoms with Gasteiger partial charge < -0.3 is 5.73 Å². The van der Waals surface area contributed by atoms with Crippen molar-refractivity contribution in [3.63, 3.8) is 0 Å². The van der Waals surface area contributed by atoms with E-state index < -0.39 is 10.0 Å². The molecule has 0 radical (unpaired) electrons. The fourth-order valence-corrected chi connectivity index (χ4v) is 3.11. The Morgan fingerprint density at radius 3 is 2.47 bits per heavy atom. The summed E-state index contributed by atoms with van der Waals surface area (Å²) in [5, 5.41) is 0. The SMILES string of the molecule is CC(N)c1ccc(S(=O)(=O)NCCCC2CC2)cc1. The van der Waals surface area contributed by atoms with Gasteiger partial charge in [-0.05, 0) is 43.4 Å². The smallest absolute Gasteiger partial charge is 0.240 e. The predicted octanol–water partition coefficient (Wildman–Crippen LogP) is 2.17. The van der Waals surface area contributed by atoms with Gasteiger partial charge in [0.05, 0.1) is 4.90 Å². The largest absolute Gasteiger partial charge is 0.324 e. The first kappa shape index (κ1) is 14.5. The van der Waals surface area contributed by atoms with E-state index in [9.17, 15) is 8.42 Å². The molecule has 106 valence electrons. The molecule has 19 heavy (non-hydrogen) atoms. The zero-order valence-electron chi connectivity index (χ0n) is 11.3. The zero-order chi connectivity index (χ0) is 13.9. The number of hydrogen-bond acceptors (Lipinski definition) is 3. The van der Waals surface area contributed by atoms with Crippen LogP contribution in [0.15, 0.2) is 29.2 Å². The van der Waals surface area contributed by atoms with Crippen LogP contribution in [0.4, 0.5) is 0 Å². The molecule has 1 saturated carbocycles. The molecule has 1 fully saturated rings. The molecular weight excluding hydrogens is 260 g/mol. The molecule has 0 amide bonds. The zero-order valence-corrected chi connectivity index (χ0v) is 12.1. The van der Waals surface area contributed by atoms with Gasteiger partial charge in [-0.3, -0.25) is 0 Å². The van der Waals surface area contributed by atoms with E-state index in [0.717, 1.165) is 24.3 Å². The molecule has 0 bridgehead atoms. The summed E-state index contributed by atoms with van der Waals surface area (Å²) >= 11 is 0. The molecule has 0 saturated heterocycles. The third-order valence-corrected chi connectivity index (χ3v) is 4.97. The van der Waals surface area contributed by atoms with Gasteiger partial charge in [0, 0.05) is 12.6 Å². The van der Waals surface area contributed by atoms with Gasteiger partial charge in [-0.15, -0.1) is 0 Å². The molecule has 4 nitrogen and oxygen atoms in total. The van der Waals surface area contributed by atoms with Gasteiger partial charge in [0.1, 0.15) is 0 Å². The number of hydrogen-bond donors (Lipinski definition) is 2. The van der Waals surface area contributed by atoms with Crippen LogP contribution in [0.25, 0.3) is 0 Å². The Balaban J connectivity index is 1.89. The summed E-state index contributed by atoms with van der Waals surface area (Å²) in [5.74, 6) is 0.842. The van der Waals surface area contributed by atoms with Crippen LogP contribution in [-0.2, 0) is 10.0 Å². The van der Waals surface area contributed by atoms with Gasteiger partial charge in [-0.1, -0.05) is 25.0 Å². The first-order valence-electron chi connectivity index (χ1n) is 6.84. The van der Waals surface area contributed by atoms with Crippen molar-refractivity contribution in [3.8, 4) is 0 Å². The van der Waals surface area contributed by atoms with Gasteiger partial charge in [0.2, 0.25) is 10.0 Å². The van der Waals surface area contributed by atoms with Crippen molar-refractivity contribution < 1.29 is 8.42 Å². The topological polar surface area (TPSA) is 72.2 Å². The highest BCUT2D eigenvalue weighted by molar-refractivity contribution is 7.89. The molecule has 0 heterocycles. The number of benzene rings is 1. The van der Waals surface area contributed by atoms with E-state index in [-0.39, 0.29) is 6.04 Å². The Morgan fingerprint density at radius 1 is 1.32 bits per heavy atom. The normalized spacial score (nSPS) is 17.4. The first-order valence-corrected chi connectivity index (χ1v) is 8.32. The Kier molecular flexibility index (Phi) is 4.60. The average Bonchev–Trinajstić information content (AvgIpc) is 3.19. The van der Waals surface area contributed by atoms with E-state index in [1.54, 1.807) is 24.3 Å². The summed E-state index contributed by atoms with van der Waals surface area (Å²) in [7, 11) is -3.37. The van der Waals surface area contributed by atoms with Crippen LogP contribution in [-0.4, -0.2) is 15.0 Å². The van der Waals surface area contributed by atoms with Gasteiger partial charge in [-0.2, -0.15) is 0 Å². The van der Waals surface area contributed by atoms with E-state index in [4.69, 9.17) is 5.73 Å². The lowest BCUT2D eigenvalue weighted by atomic mass is 10.1. The molecule has 0 aliphatic heterocycles. The summed E-state index contributed by atoms with van der Waals surface area (Å²) in [6, 6.07) is 6.68. The predicted molar refractivity (Wildman–Crippen MR) is 76.2 cm³/mol. The molecule has 1 aliphatic rings. The van der Waals surface area contributed by atoms with E-state index in [1.165, 1.54) is 12.8 Å². The minimum atomic E-state index is -3.37. The Hall–Kier alpha value is -0.910. The molecule has 1 unspecified atom stereocenters. The number of rotatable bonds is 7. The summed E-state index contributed by atoms with van der Waals surface area (Å²) in [6.45, 7) is 2.40. The van der Waals surface area contributed by atoms with Crippen LogP contribution in [0, 0.1) is 5.92 Å². The van der Waals surface area contributed by atoms with Gasteiger partial charge >= 0.3 is 0 Å². The van der Waals surface area contributed by atoms with Crippen LogP contribution in [0.1, 0.15) is 44.2 Å². The number of nitrogens with one attached hydrogen (secondary N) is 1. The highest BCUT2D eigenvalue weighted by Gasteiger charge is 2.20. The van der Waals surface area contributed by atoms with Crippen LogP contribution in [0.5, 0.6) is 0 Å². The molecule has 0 spiro atoms. The fraction of sp³-hybridized carbons (Fsp3) is 0.571. The molecule has 1 aromatic rings. The van der Waals surface area contributed by atoms with E-state index in [1.807, 2.05) is 6.92 Å². The summed E-state index contributed by atoms with van der Waals surface area (Å²) in [6.07, 6.45) is 4.67. The molecule has 5 heteroatoms. The lowest BCUT2D eigenvalue weighted by Crippen LogP contribution is -2.25. The first-order chi connectivity index (χ1) is 8.99. The van der Waals surface area contributed by atoms with Crippen molar-refractivity contribution in [1.82, 2.24) is 4.72 Å². The second-order valence-corrected chi connectivity index (χ2v) is 7.11. The van der Waals surface area contributed by atoms with Gasteiger partial charge in [0.15, 0.2) is 0 Å². The second kappa shape index (κ2) is 6.03. The van der Waals surface area contributed by atoms with Gasteiger partial charge in [0.25, 0.3) is 0 Å². The summed E-state index contributed by atoms with van der Waals surface area (Å²) in [5.41, 5.74) is 6.68.